The number of hydrogen-bond donors (Lipinski definition) is 6. The standard InChI is InChI=1S/C15H29NO10P2/c1-2-3-16-14-11(20)10(19)13(7(24-14)5-23-28)26-15-12(21)9(18)8(17)6(25-15)4-22-27/h2,6-21H,1,3-5,27-28H2/t6?,7-,8+,9-,10?,11?,12?,13+,14+,15-/m0/s1. The number of nitrogens with one attached hydrogen (secondary N) is 1. The Morgan fingerprint density at radius 1 is 0.857 bits per heavy atom. The molecule has 28 heavy (non-hydrogen) atoms. The first-order valence-electron chi connectivity index (χ1n) is 8.70. The lowest BCUT2D eigenvalue weighted by atomic mass is 9.96. The molecular formula is C15H29NO10P2. The van der Waals surface area contributed by atoms with Gasteiger partial charge in [0.2, 0.25) is 0 Å². The summed E-state index contributed by atoms with van der Waals surface area (Å²) in [5.74, 6) is 0. The highest BCUT2D eigenvalue weighted by molar-refractivity contribution is 7.10. The lowest BCUT2D eigenvalue weighted by Crippen LogP contribution is -2.66. The molecule has 2 rings (SSSR count). The Bertz CT molecular complexity index is 492. The predicted octanol–water partition coefficient (Wildman–Crippen LogP) is -2.99. The molecular weight excluding hydrogens is 416 g/mol. The van der Waals surface area contributed by atoms with Gasteiger partial charge in [-0.2, -0.15) is 0 Å². The maximum Gasteiger partial charge on any atom is 0.187 e. The van der Waals surface area contributed by atoms with Crippen LogP contribution >= 0.6 is 18.9 Å². The van der Waals surface area contributed by atoms with Gasteiger partial charge in [-0.25, -0.2) is 0 Å². The normalized spacial score (nSPS) is 44.4. The van der Waals surface area contributed by atoms with Crippen molar-refractivity contribution in [2.45, 2.75) is 61.3 Å². The van der Waals surface area contributed by atoms with Crippen LogP contribution in [0.2, 0.25) is 0 Å². The van der Waals surface area contributed by atoms with Gasteiger partial charge in [-0.15, -0.1) is 6.58 Å². The maximum absolute atomic E-state index is 10.5. The van der Waals surface area contributed by atoms with Crippen molar-refractivity contribution in [2.75, 3.05) is 19.8 Å². The zero-order chi connectivity index (χ0) is 20.8. The molecule has 12 atom stereocenters. The first-order chi connectivity index (χ1) is 13.3. The fourth-order valence-electron chi connectivity index (χ4n) is 3.12. The highest BCUT2D eigenvalue weighted by Gasteiger charge is 2.50. The summed E-state index contributed by atoms with van der Waals surface area (Å²) in [5.41, 5.74) is 0. The molecule has 13 heteroatoms. The summed E-state index contributed by atoms with van der Waals surface area (Å²) < 4.78 is 26.7. The van der Waals surface area contributed by atoms with Gasteiger partial charge in [-0.3, -0.25) is 5.32 Å². The molecule has 0 radical (unpaired) electrons. The van der Waals surface area contributed by atoms with Crippen LogP contribution in [0.4, 0.5) is 0 Å². The molecule has 0 aromatic rings. The molecule has 0 saturated carbocycles. The van der Waals surface area contributed by atoms with Gasteiger partial charge in [-0.1, -0.05) is 6.08 Å². The highest BCUT2D eigenvalue weighted by Crippen LogP contribution is 2.29. The van der Waals surface area contributed by atoms with Gasteiger partial charge in [0.25, 0.3) is 0 Å². The largest absolute Gasteiger partial charge is 0.387 e. The van der Waals surface area contributed by atoms with Crippen molar-refractivity contribution in [3.8, 4) is 0 Å². The summed E-state index contributed by atoms with van der Waals surface area (Å²) in [5, 5.41) is 54.0. The summed E-state index contributed by atoms with van der Waals surface area (Å²) >= 11 is 0. The number of aliphatic hydroxyl groups is 5. The van der Waals surface area contributed by atoms with Gasteiger partial charge in [0.1, 0.15) is 55.1 Å². The molecule has 0 aliphatic carbocycles. The molecule has 0 aromatic heterocycles. The van der Waals surface area contributed by atoms with Gasteiger partial charge < -0.3 is 48.8 Å². The fraction of sp³-hybridized carbons (Fsp3) is 0.867. The molecule has 0 aromatic carbocycles. The third kappa shape index (κ3) is 5.65. The van der Waals surface area contributed by atoms with E-state index in [2.05, 4.69) is 11.9 Å². The topological polar surface area (TPSA) is 159 Å². The van der Waals surface area contributed by atoms with Crippen LogP contribution in [0, 0.1) is 0 Å². The van der Waals surface area contributed by atoms with E-state index in [0.717, 1.165) is 0 Å². The van der Waals surface area contributed by atoms with Crippen molar-refractivity contribution in [2.24, 2.45) is 0 Å². The van der Waals surface area contributed by atoms with Crippen LogP contribution in [0.1, 0.15) is 0 Å². The Morgan fingerprint density at radius 3 is 2.11 bits per heavy atom. The maximum atomic E-state index is 10.5. The predicted molar refractivity (Wildman–Crippen MR) is 102 cm³/mol. The molecule has 6 unspecified atom stereocenters. The Labute approximate surface area is 167 Å². The van der Waals surface area contributed by atoms with E-state index in [1.807, 2.05) is 18.9 Å². The highest BCUT2D eigenvalue weighted by atomic mass is 31.0. The van der Waals surface area contributed by atoms with Gasteiger partial charge >= 0.3 is 0 Å². The SMILES string of the molecule is C=CCN[C@@H]1O[C@@H](COP)[C@@H](O[C@@H]2OC(COP)[C@@H](O)[C@H](O)C2O)C(O)C1O. The first kappa shape index (κ1) is 24.4. The molecule has 0 spiro atoms. The Hall–Kier alpha value is 0.160. The molecule has 2 aliphatic heterocycles. The lowest BCUT2D eigenvalue weighted by Gasteiger charge is -2.46. The molecule has 2 heterocycles. The van der Waals surface area contributed by atoms with Gasteiger partial charge in [0, 0.05) is 25.5 Å². The van der Waals surface area contributed by atoms with Crippen molar-refractivity contribution >= 4 is 18.9 Å². The van der Waals surface area contributed by atoms with Crippen molar-refractivity contribution in [1.29, 1.82) is 0 Å². The van der Waals surface area contributed by atoms with Crippen LogP contribution in [0.3, 0.4) is 0 Å². The Morgan fingerprint density at radius 2 is 1.50 bits per heavy atom. The van der Waals surface area contributed by atoms with Crippen LogP contribution in [0.25, 0.3) is 0 Å². The van der Waals surface area contributed by atoms with E-state index >= 15 is 0 Å². The fourth-order valence-corrected chi connectivity index (χ4v) is 3.50. The molecule has 2 aliphatic rings. The van der Waals surface area contributed by atoms with E-state index < -0.39 is 61.3 Å². The van der Waals surface area contributed by atoms with Crippen LogP contribution in [-0.4, -0.2) is 107 Å². The van der Waals surface area contributed by atoms with Crippen LogP contribution in [0.15, 0.2) is 12.7 Å². The molecule has 164 valence electrons. The molecule has 0 amide bonds. The van der Waals surface area contributed by atoms with Crippen LogP contribution in [0.5, 0.6) is 0 Å². The second kappa shape index (κ2) is 11.5. The van der Waals surface area contributed by atoms with E-state index in [1.165, 1.54) is 0 Å². The minimum Gasteiger partial charge on any atom is -0.387 e. The van der Waals surface area contributed by atoms with Gasteiger partial charge in [0.15, 0.2) is 6.29 Å². The smallest absolute Gasteiger partial charge is 0.187 e. The summed E-state index contributed by atoms with van der Waals surface area (Å²) in [6.45, 7) is 3.79. The lowest BCUT2D eigenvalue weighted by molar-refractivity contribution is -0.342. The number of aliphatic hydroxyl groups excluding tert-OH is 5. The zero-order valence-corrected chi connectivity index (χ0v) is 17.4. The molecule has 6 N–H and O–H groups in total. The summed E-state index contributed by atoms with van der Waals surface area (Å²) in [4.78, 5) is 0. The van der Waals surface area contributed by atoms with Crippen molar-refractivity contribution in [3.05, 3.63) is 12.7 Å². The number of hydrogen-bond acceptors (Lipinski definition) is 11. The molecule has 2 saturated heterocycles. The zero-order valence-electron chi connectivity index (χ0n) is 15.1. The second-order valence-corrected chi connectivity index (χ2v) is 7.22. The summed E-state index contributed by atoms with van der Waals surface area (Å²) in [6.07, 6.45) is -11.1. The van der Waals surface area contributed by atoms with Gasteiger partial charge in [0.05, 0.1) is 13.2 Å². The van der Waals surface area contributed by atoms with Crippen LogP contribution < -0.4 is 5.32 Å². The average Bonchev–Trinajstić information content (AvgIpc) is 2.68. The van der Waals surface area contributed by atoms with E-state index in [9.17, 15) is 25.5 Å². The van der Waals surface area contributed by atoms with Gasteiger partial charge in [-0.05, 0) is 0 Å². The molecule has 11 nitrogen and oxygen atoms in total. The number of ether oxygens (including phenoxy) is 3. The third-order valence-electron chi connectivity index (χ3n) is 4.63. The van der Waals surface area contributed by atoms with Crippen LogP contribution in [-0.2, 0) is 23.3 Å². The Kier molecular flexibility index (Phi) is 10.1. The quantitative estimate of drug-likeness (QED) is 0.159. The van der Waals surface area contributed by atoms with E-state index in [4.69, 9.17) is 23.3 Å². The van der Waals surface area contributed by atoms with E-state index in [0.29, 0.717) is 6.54 Å². The van der Waals surface area contributed by atoms with E-state index in [-0.39, 0.29) is 13.2 Å². The third-order valence-corrected chi connectivity index (χ3v) is 5.01. The second-order valence-electron chi connectivity index (χ2n) is 6.56. The van der Waals surface area contributed by atoms with E-state index in [1.54, 1.807) is 6.08 Å². The average molecular weight is 445 g/mol. The summed E-state index contributed by atoms with van der Waals surface area (Å²) in [7, 11) is 4.04. The number of rotatable bonds is 9. The minimum atomic E-state index is -1.60. The first-order valence-corrected chi connectivity index (χ1v) is 9.64. The Balaban J connectivity index is 2.13. The van der Waals surface area contributed by atoms with Crippen molar-refractivity contribution in [1.82, 2.24) is 5.32 Å². The molecule has 2 fully saturated rings. The van der Waals surface area contributed by atoms with Crippen molar-refractivity contribution in [3.63, 3.8) is 0 Å². The van der Waals surface area contributed by atoms with Crippen molar-refractivity contribution < 1.29 is 48.8 Å². The summed E-state index contributed by atoms with van der Waals surface area (Å²) in [6, 6.07) is 0. The monoisotopic (exact) mass is 445 g/mol. The minimum absolute atomic E-state index is 0.0164. The molecule has 0 bridgehead atoms.